The summed E-state index contributed by atoms with van der Waals surface area (Å²) in [5, 5.41) is 6.38. The summed E-state index contributed by atoms with van der Waals surface area (Å²) in [7, 11) is 1.60. The Bertz CT molecular complexity index is 532. The van der Waals surface area contributed by atoms with Gasteiger partial charge >= 0.3 is 0 Å². The highest BCUT2D eigenvalue weighted by Gasteiger charge is 2.00. The zero-order valence-corrected chi connectivity index (χ0v) is 11.1. The first-order valence-electron chi connectivity index (χ1n) is 6.10. The molecule has 0 spiro atoms. The van der Waals surface area contributed by atoms with Crippen LogP contribution >= 0.6 is 0 Å². The Morgan fingerprint density at radius 2 is 1.89 bits per heavy atom. The summed E-state index contributed by atoms with van der Waals surface area (Å²) in [6, 6.07) is 5.70. The minimum Gasteiger partial charge on any atom is -0.481 e. The van der Waals surface area contributed by atoms with Crippen LogP contribution in [0.15, 0.2) is 30.7 Å². The van der Waals surface area contributed by atoms with Crippen molar-refractivity contribution in [2.45, 2.75) is 13.5 Å². The number of rotatable bonds is 6. The molecule has 6 nitrogen and oxygen atoms in total. The molecule has 0 aliphatic carbocycles. The highest BCUT2D eigenvalue weighted by molar-refractivity contribution is 5.46. The lowest BCUT2D eigenvalue weighted by atomic mass is 10.2. The number of anilines is 2. The summed E-state index contributed by atoms with van der Waals surface area (Å²) < 4.78 is 5.08. The molecule has 100 valence electrons. The van der Waals surface area contributed by atoms with Gasteiger partial charge in [-0.2, -0.15) is 0 Å². The van der Waals surface area contributed by atoms with Crippen molar-refractivity contribution in [1.82, 2.24) is 15.0 Å². The second-order valence-corrected chi connectivity index (χ2v) is 3.88. The van der Waals surface area contributed by atoms with Crippen molar-refractivity contribution in [1.29, 1.82) is 0 Å². The number of nitrogens with zero attached hydrogens (tertiary/aromatic N) is 3. The van der Waals surface area contributed by atoms with Gasteiger partial charge in [-0.3, -0.25) is 0 Å². The minimum absolute atomic E-state index is 0.607. The van der Waals surface area contributed by atoms with Gasteiger partial charge < -0.3 is 15.4 Å². The Kier molecular flexibility index (Phi) is 4.49. The fourth-order valence-electron chi connectivity index (χ4n) is 1.60. The third-order valence-electron chi connectivity index (χ3n) is 2.51. The maximum atomic E-state index is 5.08. The molecule has 0 fully saturated rings. The van der Waals surface area contributed by atoms with Crippen molar-refractivity contribution >= 4 is 11.6 Å². The predicted octanol–water partition coefficient (Wildman–Crippen LogP) is 1.92. The van der Waals surface area contributed by atoms with E-state index in [9.17, 15) is 0 Å². The first kappa shape index (κ1) is 13.1. The largest absolute Gasteiger partial charge is 0.481 e. The van der Waals surface area contributed by atoms with Crippen LogP contribution in [0.4, 0.5) is 11.6 Å². The first-order chi connectivity index (χ1) is 9.31. The zero-order valence-electron chi connectivity index (χ0n) is 11.1. The summed E-state index contributed by atoms with van der Waals surface area (Å²) in [6.45, 7) is 3.51. The van der Waals surface area contributed by atoms with E-state index in [1.54, 1.807) is 13.3 Å². The Balaban J connectivity index is 1.99. The third-order valence-corrected chi connectivity index (χ3v) is 2.51. The zero-order chi connectivity index (χ0) is 13.5. The molecule has 2 N–H and O–H groups in total. The fraction of sp³-hybridized carbons (Fsp3) is 0.308. The van der Waals surface area contributed by atoms with Gasteiger partial charge in [0.05, 0.1) is 7.11 Å². The van der Waals surface area contributed by atoms with Crippen LogP contribution in [0.25, 0.3) is 0 Å². The van der Waals surface area contributed by atoms with Crippen molar-refractivity contribution in [2.24, 2.45) is 0 Å². The Morgan fingerprint density at radius 1 is 1.11 bits per heavy atom. The summed E-state index contributed by atoms with van der Waals surface area (Å²) >= 11 is 0. The topological polar surface area (TPSA) is 72.0 Å². The van der Waals surface area contributed by atoms with Gasteiger partial charge in [-0.05, 0) is 18.6 Å². The van der Waals surface area contributed by atoms with E-state index in [4.69, 9.17) is 4.74 Å². The molecule has 0 radical (unpaired) electrons. The number of nitrogens with one attached hydrogen (secondary N) is 2. The molecule has 2 rings (SSSR count). The fourth-order valence-corrected chi connectivity index (χ4v) is 1.60. The van der Waals surface area contributed by atoms with Crippen molar-refractivity contribution in [3.63, 3.8) is 0 Å². The van der Waals surface area contributed by atoms with Gasteiger partial charge in [0.1, 0.15) is 18.0 Å². The van der Waals surface area contributed by atoms with Crippen LogP contribution in [0.3, 0.4) is 0 Å². The van der Waals surface area contributed by atoms with Gasteiger partial charge in [0.2, 0.25) is 5.88 Å². The van der Waals surface area contributed by atoms with E-state index in [2.05, 4.69) is 25.6 Å². The Hall–Kier alpha value is -2.37. The molecule has 0 atom stereocenters. The number of ether oxygens (including phenoxy) is 1. The lowest BCUT2D eigenvalue weighted by Crippen LogP contribution is -2.05. The quantitative estimate of drug-likeness (QED) is 0.826. The minimum atomic E-state index is 0.607. The van der Waals surface area contributed by atoms with E-state index in [1.807, 2.05) is 25.1 Å². The molecule has 0 saturated carbocycles. The van der Waals surface area contributed by atoms with Gasteiger partial charge in [0.25, 0.3) is 0 Å². The average Bonchev–Trinajstić information content (AvgIpc) is 2.46. The normalized spacial score (nSPS) is 10.0. The molecule has 0 amide bonds. The van der Waals surface area contributed by atoms with Crippen molar-refractivity contribution in [3.05, 3.63) is 36.3 Å². The van der Waals surface area contributed by atoms with Crippen molar-refractivity contribution in [3.8, 4) is 5.88 Å². The maximum absolute atomic E-state index is 5.08. The average molecular weight is 259 g/mol. The van der Waals surface area contributed by atoms with Crippen LogP contribution < -0.4 is 15.4 Å². The van der Waals surface area contributed by atoms with Crippen LogP contribution in [0, 0.1) is 0 Å². The van der Waals surface area contributed by atoms with Crippen LogP contribution in [-0.4, -0.2) is 28.6 Å². The van der Waals surface area contributed by atoms with Crippen LogP contribution in [0.1, 0.15) is 12.5 Å². The smallest absolute Gasteiger partial charge is 0.213 e. The van der Waals surface area contributed by atoms with E-state index in [1.165, 1.54) is 6.33 Å². The first-order valence-corrected chi connectivity index (χ1v) is 6.10. The lowest BCUT2D eigenvalue weighted by Gasteiger charge is -2.08. The second kappa shape index (κ2) is 6.53. The summed E-state index contributed by atoms with van der Waals surface area (Å²) in [5.41, 5.74) is 1.08. The summed E-state index contributed by atoms with van der Waals surface area (Å²) in [4.78, 5) is 12.4. The standard InChI is InChI=1S/C13H17N5O/c1-3-14-11-7-12(18-9-17-11)16-8-10-4-5-15-13(6-10)19-2/h4-7,9H,3,8H2,1-2H3,(H2,14,16,17,18). The van der Waals surface area contributed by atoms with Crippen LogP contribution in [0.2, 0.25) is 0 Å². The maximum Gasteiger partial charge on any atom is 0.213 e. The number of pyridine rings is 1. The monoisotopic (exact) mass is 259 g/mol. The molecule has 6 heteroatoms. The van der Waals surface area contributed by atoms with E-state index < -0.39 is 0 Å². The number of hydrogen-bond acceptors (Lipinski definition) is 6. The van der Waals surface area contributed by atoms with E-state index in [0.29, 0.717) is 12.4 Å². The molecule has 0 aliphatic rings. The molecule has 19 heavy (non-hydrogen) atoms. The van der Waals surface area contributed by atoms with E-state index in [0.717, 1.165) is 23.7 Å². The highest BCUT2D eigenvalue weighted by atomic mass is 16.5. The van der Waals surface area contributed by atoms with Gasteiger partial charge in [0.15, 0.2) is 0 Å². The van der Waals surface area contributed by atoms with Gasteiger partial charge in [-0.1, -0.05) is 0 Å². The number of aromatic nitrogens is 3. The molecule has 2 heterocycles. The van der Waals surface area contributed by atoms with Gasteiger partial charge in [0, 0.05) is 31.4 Å². The SMILES string of the molecule is CCNc1cc(NCc2ccnc(OC)c2)ncn1. The molecule has 0 unspecified atom stereocenters. The van der Waals surface area contributed by atoms with Crippen LogP contribution in [0.5, 0.6) is 5.88 Å². The van der Waals surface area contributed by atoms with Gasteiger partial charge in [-0.25, -0.2) is 15.0 Å². The molecule has 0 bridgehead atoms. The van der Waals surface area contributed by atoms with Crippen molar-refractivity contribution < 1.29 is 4.74 Å². The third kappa shape index (κ3) is 3.80. The number of hydrogen-bond donors (Lipinski definition) is 2. The van der Waals surface area contributed by atoms with E-state index >= 15 is 0 Å². The molecular weight excluding hydrogens is 242 g/mol. The molecular formula is C13H17N5O. The van der Waals surface area contributed by atoms with E-state index in [-0.39, 0.29) is 0 Å². The van der Waals surface area contributed by atoms with Gasteiger partial charge in [-0.15, -0.1) is 0 Å². The Labute approximate surface area is 112 Å². The molecule has 0 aromatic carbocycles. The molecule has 2 aromatic rings. The molecule has 2 aromatic heterocycles. The second-order valence-electron chi connectivity index (χ2n) is 3.88. The summed E-state index contributed by atoms with van der Waals surface area (Å²) in [6.07, 6.45) is 3.26. The molecule has 0 saturated heterocycles. The van der Waals surface area contributed by atoms with Crippen molar-refractivity contribution in [2.75, 3.05) is 24.3 Å². The number of methoxy groups -OCH3 is 1. The highest BCUT2D eigenvalue weighted by Crippen LogP contribution is 2.12. The summed E-state index contributed by atoms with van der Waals surface area (Å²) in [5.74, 6) is 2.20. The Morgan fingerprint density at radius 3 is 2.63 bits per heavy atom. The lowest BCUT2D eigenvalue weighted by molar-refractivity contribution is 0.397. The van der Waals surface area contributed by atoms with Crippen LogP contribution in [-0.2, 0) is 6.54 Å². The predicted molar refractivity (Wildman–Crippen MR) is 74.3 cm³/mol. The molecule has 0 aliphatic heterocycles.